The monoisotopic (exact) mass is 276 g/mol. The van der Waals surface area contributed by atoms with Gasteiger partial charge >= 0.3 is 0 Å². The lowest BCUT2D eigenvalue weighted by molar-refractivity contribution is 0.0989. The molecule has 2 aromatic carbocycles. The number of halogens is 2. The van der Waals surface area contributed by atoms with Crippen molar-refractivity contribution in [2.24, 2.45) is 0 Å². The van der Waals surface area contributed by atoms with Gasteiger partial charge in [0.25, 0.3) is 0 Å². The lowest BCUT2D eigenvalue weighted by Crippen LogP contribution is -2.07. The maximum atomic E-state index is 13.8. The predicted molar refractivity (Wildman–Crippen MR) is 75.4 cm³/mol. The molecule has 0 N–H and O–H groups in total. The Bertz CT molecular complexity index is 635. The second kappa shape index (κ2) is 5.54. The fraction of sp³-hybridized carbons (Fsp3) is 0.188. The molecular formula is C16H14ClFO. The Hall–Kier alpha value is -1.67. The van der Waals surface area contributed by atoms with Crippen LogP contribution in [-0.4, -0.2) is 5.78 Å². The number of ketones is 1. The van der Waals surface area contributed by atoms with Crippen LogP contribution < -0.4 is 0 Å². The third-order valence-electron chi connectivity index (χ3n) is 3.11. The SMILES string of the molecule is Cc1ccc(C)c(CC(=O)c2cccc(Cl)c2F)c1. The molecule has 0 radical (unpaired) electrons. The molecule has 0 spiro atoms. The van der Waals surface area contributed by atoms with Gasteiger partial charge < -0.3 is 0 Å². The van der Waals surface area contributed by atoms with Crippen molar-refractivity contribution in [2.75, 3.05) is 0 Å². The first-order chi connectivity index (χ1) is 8.99. The minimum atomic E-state index is -0.639. The largest absolute Gasteiger partial charge is 0.294 e. The van der Waals surface area contributed by atoms with E-state index in [1.165, 1.54) is 12.1 Å². The Kier molecular flexibility index (Phi) is 4.01. The second-order valence-corrected chi connectivity index (χ2v) is 5.04. The van der Waals surface area contributed by atoms with Crippen molar-refractivity contribution < 1.29 is 9.18 Å². The van der Waals surface area contributed by atoms with Crippen LogP contribution in [0.15, 0.2) is 36.4 Å². The van der Waals surface area contributed by atoms with Gasteiger partial charge in [-0.05, 0) is 37.1 Å². The minimum Gasteiger partial charge on any atom is -0.294 e. The first-order valence-electron chi connectivity index (χ1n) is 6.02. The molecule has 0 unspecified atom stereocenters. The van der Waals surface area contributed by atoms with Gasteiger partial charge in [-0.1, -0.05) is 41.4 Å². The van der Waals surface area contributed by atoms with Crippen molar-refractivity contribution in [3.63, 3.8) is 0 Å². The third kappa shape index (κ3) is 3.02. The molecule has 0 amide bonds. The highest BCUT2D eigenvalue weighted by Gasteiger charge is 2.15. The highest BCUT2D eigenvalue weighted by atomic mass is 35.5. The molecule has 0 aromatic heterocycles. The van der Waals surface area contributed by atoms with Crippen molar-refractivity contribution in [1.29, 1.82) is 0 Å². The number of rotatable bonds is 3. The van der Waals surface area contributed by atoms with E-state index in [0.717, 1.165) is 16.7 Å². The summed E-state index contributed by atoms with van der Waals surface area (Å²) in [4.78, 5) is 12.2. The maximum Gasteiger partial charge on any atom is 0.170 e. The number of carbonyl (C=O) groups excluding carboxylic acids is 1. The topological polar surface area (TPSA) is 17.1 Å². The third-order valence-corrected chi connectivity index (χ3v) is 3.40. The molecule has 2 aromatic rings. The highest BCUT2D eigenvalue weighted by molar-refractivity contribution is 6.31. The average molecular weight is 277 g/mol. The van der Waals surface area contributed by atoms with Crippen LogP contribution in [0, 0.1) is 19.7 Å². The molecule has 0 aliphatic carbocycles. The number of hydrogen-bond acceptors (Lipinski definition) is 1. The summed E-state index contributed by atoms with van der Waals surface area (Å²) in [6.45, 7) is 3.91. The van der Waals surface area contributed by atoms with E-state index in [1.54, 1.807) is 6.07 Å². The number of aryl methyl sites for hydroxylation is 2. The van der Waals surface area contributed by atoms with Crippen LogP contribution in [0.2, 0.25) is 5.02 Å². The first kappa shape index (κ1) is 13.8. The molecule has 2 rings (SSSR count). The van der Waals surface area contributed by atoms with E-state index in [-0.39, 0.29) is 22.8 Å². The molecule has 1 nitrogen and oxygen atoms in total. The molecular weight excluding hydrogens is 263 g/mol. The first-order valence-corrected chi connectivity index (χ1v) is 6.40. The standard InChI is InChI=1S/C16H14ClFO/c1-10-6-7-11(2)12(8-10)9-15(19)13-4-3-5-14(17)16(13)18/h3-8H,9H2,1-2H3. The molecule has 0 heterocycles. The summed E-state index contributed by atoms with van der Waals surface area (Å²) >= 11 is 5.69. The number of hydrogen-bond donors (Lipinski definition) is 0. The average Bonchev–Trinajstić information content (AvgIpc) is 2.37. The Morgan fingerprint density at radius 1 is 1.21 bits per heavy atom. The van der Waals surface area contributed by atoms with E-state index in [0.29, 0.717) is 0 Å². The summed E-state index contributed by atoms with van der Waals surface area (Å²) in [5.41, 5.74) is 3.08. The fourth-order valence-corrected chi connectivity index (χ4v) is 2.15. The molecule has 3 heteroatoms. The lowest BCUT2D eigenvalue weighted by Gasteiger charge is -2.08. The zero-order valence-electron chi connectivity index (χ0n) is 10.8. The van der Waals surface area contributed by atoms with E-state index in [2.05, 4.69) is 0 Å². The van der Waals surface area contributed by atoms with Gasteiger partial charge in [0.1, 0.15) is 0 Å². The summed E-state index contributed by atoms with van der Waals surface area (Å²) in [5.74, 6) is -0.895. The van der Waals surface area contributed by atoms with Crippen LogP contribution in [0.5, 0.6) is 0 Å². The van der Waals surface area contributed by atoms with Gasteiger partial charge in [0.15, 0.2) is 11.6 Å². The number of Topliss-reactive ketones (excluding diaryl/α,β-unsaturated/α-hetero) is 1. The molecule has 0 saturated heterocycles. The summed E-state index contributed by atoms with van der Waals surface area (Å²) in [6, 6.07) is 10.4. The Morgan fingerprint density at radius 3 is 2.68 bits per heavy atom. The van der Waals surface area contributed by atoms with Crippen LogP contribution >= 0.6 is 11.6 Å². The Labute approximate surface area is 117 Å². The summed E-state index contributed by atoms with van der Waals surface area (Å²) in [6.07, 6.45) is 0.185. The van der Waals surface area contributed by atoms with Crippen LogP contribution in [0.3, 0.4) is 0 Å². The Morgan fingerprint density at radius 2 is 1.95 bits per heavy atom. The molecule has 0 bridgehead atoms. The predicted octanol–water partition coefficient (Wildman–Crippen LogP) is 4.52. The van der Waals surface area contributed by atoms with Gasteiger partial charge in [-0.15, -0.1) is 0 Å². The van der Waals surface area contributed by atoms with Gasteiger partial charge in [0.2, 0.25) is 0 Å². The molecule has 0 fully saturated rings. The normalized spacial score (nSPS) is 10.5. The van der Waals surface area contributed by atoms with Gasteiger partial charge in [0.05, 0.1) is 10.6 Å². The lowest BCUT2D eigenvalue weighted by atomic mass is 9.97. The number of carbonyl (C=O) groups is 1. The zero-order valence-corrected chi connectivity index (χ0v) is 11.6. The van der Waals surface area contributed by atoms with Crippen LogP contribution in [0.1, 0.15) is 27.0 Å². The quantitative estimate of drug-likeness (QED) is 0.753. The molecule has 0 aliphatic heterocycles. The van der Waals surface area contributed by atoms with Crippen molar-refractivity contribution in [1.82, 2.24) is 0 Å². The van der Waals surface area contributed by atoms with Crippen LogP contribution in [0.25, 0.3) is 0 Å². The van der Waals surface area contributed by atoms with Gasteiger partial charge in [0, 0.05) is 6.42 Å². The number of benzene rings is 2. The molecule has 0 atom stereocenters. The van der Waals surface area contributed by atoms with Crippen molar-refractivity contribution >= 4 is 17.4 Å². The molecule has 0 aliphatic rings. The van der Waals surface area contributed by atoms with E-state index < -0.39 is 5.82 Å². The highest BCUT2D eigenvalue weighted by Crippen LogP contribution is 2.20. The van der Waals surface area contributed by atoms with Gasteiger partial charge in [-0.3, -0.25) is 4.79 Å². The van der Waals surface area contributed by atoms with Gasteiger partial charge in [-0.2, -0.15) is 0 Å². The van der Waals surface area contributed by atoms with Gasteiger partial charge in [-0.25, -0.2) is 4.39 Å². The second-order valence-electron chi connectivity index (χ2n) is 4.63. The van der Waals surface area contributed by atoms with Crippen LogP contribution in [-0.2, 0) is 6.42 Å². The zero-order chi connectivity index (χ0) is 14.0. The minimum absolute atomic E-state index is 0.0215. The van der Waals surface area contributed by atoms with Crippen LogP contribution in [0.4, 0.5) is 4.39 Å². The summed E-state index contributed by atoms with van der Waals surface area (Å²) in [5, 5.41) is -0.0215. The molecule has 98 valence electrons. The Balaban J connectivity index is 2.31. The van der Waals surface area contributed by atoms with Crippen molar-refractivity contribution in [3.05, 3.63) is 69.5 Å². The van der Waals surface area contributed by atoms with Crippen molar-refractivity contribution in [3.8, 4) is 0 Å². The summed E-state index contributed by atoms with van der Waals surface area (Å²) in [7, 11) is 0. The summed E-state index contributed by atoms with van der Waals surface area (Å²) < 4.78 is 13.8. The van der Waals surface area contributed by atoms with E-state index in [9.17, 15) is 9.18 Å². The maximum absolute atomic E-state index is 13.8. The smallest absolute Gasteiger partial charge is 0.170 e. The van der Waals surface area contributed by atoms with E-state index in [4.69, 9.17) is 11.6 Å². The molecule has 19 heavy (non-hydrogen) atoms. The molecule has 0 saturated carbocycles. The fourth-order valence-electron chi connectivity index (χ4n) is 1.98. The van der Waals surface area contributed by atoms with E-state index in [1.807, 2.05) is 32.0 Å². The van der Waals surface area contributed by atoms with Crippen molar-refractivity contribution in [2.45, 2.75) is 20.3 Å². The van der Waals surface area contributed by atoms with E-state index >= 15 is 0 Å².